The Kier molecular flexibility index (Phi) is 43.9. The average Bonchev–Trinajstić information content (AvgIpc) is 1.61. The first-order valence-electron chi connectivity index (χ1n) is 45.6. The van der Waals surface area contributed by atoms with Crippen molar-refractivity contribution in [1.82, 2.24) is 15.1 Å². The molecule has 0 saturated carbocycles. The van der Waals surface area contributed by atoms with Crippen LogP contribution in [0.15, 0.2) is 182 Å². The fraction of sp³-hybridized carbons (Fsp3) is 0.442. The van der Waals surface area contributed by atoms with E-state index in [1.54, 1.807) is 81.4 Å². The number of halogens is 4. The molecule has 3 amide bonds. The molecule has 2 heterocycles. The number of amides is 3. The van der Waals surface area contributed by atoms with Crippen molar-refractivity contribution in [3.8, 4) is 23.0 Å². The molecule has 0 spiro atoms. The van der Waals surface area contributed by atoms with Gasteiger partial charge in [0.05, 0.1) is 62.9 Å². The van der Waals surface area contributed by atoms with Gasteiger partial charge in [-0.1, -0.05) is 159 Å². The minimum Gasteiger partial charge on any atom is -0.492 e. The summed E-state index contributed by atoms with van der Waals surface area (Å²) in [5.41, 5.74) is 7.69. The summed E-state index contributed by atoms with van der Waals surface area (Å²) in [6.45, 7) is 29.7. The Labute approximate surface area is 854 Å². The summed E-state index contributed by atoms with van der Waals surface area (Å²) >= 11 is 4.14. The second-order valence-corrected chi connectivity index (χ2v) is 40.2. The molecule has 0 unspecified atom stereocenters. The smallest absolute Gasteiger partial charge is 0.492 e. The number of carbonyl (C=O) groups is 10. The Balaban J connectivity index is 0.000000315. The van der Waals surface area contributed by atoms with Crippen molar-refractivity contribution in [3.05, 3.63) is 245 Å². The van der Waals surface area contributed by atoms with Crippen LogP contribution < -0.4 is 40.9 Å². The highest BCUT2D eigenvalue weighted by atomic mass is 127. The van der Waals surface area contributed by atoms with Gasteiger partial charge in [-0.15, -0.1) is 0 Å². The number of rotatable bonds is 41. The molecule has 140 heavy (non-hydrogen) atoms. The number of hydrogen-bond acceptors (Lipinski definition) is 25. The highest BCUT2D eigenvalue weighted by molar-refractivity contribution is 14.1. The molecule has 8 aromatic carbocycles. The molecule has 2 saturated heterocycles. The molecule has 0 aliphatic carbocycles. The first-order chi connectivity index (χ1) is 65.3. The third-order valence-corrected chi connectivity index (χ3v) is 24.8. The zero-order valence-electron chi connectivity index (χ0n) is 83.1. The molecule has 8 aromatic rings. The van der Waals surface area contributed by atoms with E-state index in [2.05, 4.69) is 55.2 Å². The Hall–Kier alpha value is -10.7. The van der Waals surface area contributed by atoms with Gasteiger partial charge in [0.25, 0.3) is 0 Å². The Morgan fingerprint density at radius 1 is 0.464 bits per heavy atom. The van der Waals surface area contributed by atoms with Crippen LogP contribution in [0.25, 0.3) is 0 Å². The number of hydrogen-bond donors (Lipinski definition) is 3. The van der Waals surface area contributed by atoms with E-state index >= 15 is 8.78 Å². The van der Waals surface area contributed by atoms with Gasteiger partial charge in [0.15, 0.2) is 34.7 Å². The van der Waals surface area contributed by atoms with Crippen LogP contribution >= 0.6 is 58.7 Å². The molecule has 2 aliphatic heterocycles. The third kappa shape index (κ3) is 34.9. The molecule has 36 heteroatoms. The van der Waals surface area contributed by atoms with Crippen LogP contribution in [0.2, 0.25) is 0 Å². The predicted octanol–water partition coefficient (Wildman–Crippen LogP) is 17.3. The maximum atomic E-state index is 16.2. The zero-order chi connectivity index (χ0) is 103. The van der Waals surface area contributed by atoms with Gasteiger partial charge in [-0.3, -0.25) is 43.4 Å². The number of carboxylic acid groups (broad SMARTS) is 1. The topological polar surface area (TPSA) is 365 Å². The van der Waals surface area contributed by atoms with Crippen LogP contribution in [0.5, 0.6) is 23.0 Å². The summed E-state index contributed by atoms with van der Waals surface area (Å²) in [5.74, 6) is -6.87. The van der Waals surface area contributed by atoms with Crippen molar-refractivity contribution in [3.63, 3.8) is 0 Å². The molecule has 0 bridgehead atoms. The number of Topliss-reactive ketones (excluding diaryl/α,β-unsaturated/α-hetero) is 2. The molecule has 2 aliphatic rings. The van der Waals surface area contributed by atoms with E-state index in [0.29, 0.717) is 65.8 Å². The van der Waals surface area contributed by atoms with Gasteiger partial charge in [0, 0.05) is 63.0 Å². The maximum absolute atomic E-state index is 16.2. The summed E-state index contributed by atoms with van der Waals surface area (Å²) in [4.78, 5) is 131. The molecule has 10 rings (SSSR count). The first-order valence-corrected chi connectivity index (χ1v) is 47.8. The molecule has 0 radical (unpaired) electrons. The lowest BCUT2D eigenvalue weighted by molar-refractivity contribution is -0.156. The molecular weight excluding hydrogens is 2050 g/mol. The molecule has 756 valence electrons. The summed E-state index contributed by atoms with van der Waals surface area (Å²) < 4.78 is 113. The first kappa shape index (κ1) is 116. The number of nitrogens with zero attached hydrogens (tertiary/aromatic N) is 2. The van der Waals surface area contributed by atoms with Crippen molar-refractivity contribution in [2.45, 2.75) is 246 Å². The normalized spacial score (nSPS) is 15.0. The van der Waals surface area contributed by atoms with Crippen molar-refractivity contribution >= 4 is 143 Å². The van der Waals surface area contributed by atoms with E-state index in [1.807, 2.05) is 185 Å². The Morgan fingerprint density at radius 2 is 0.800 bits per heavy atom. The average molecular weight is 2180 g/mol. The number of methoxy groups -OCH3 is 2. The number of benzene rings is 8. The number of carbonyl (C=O) groups excluding carboxylic acids is 9. The highest BCUT2D eigenvalue weighted by Gasteiger charge is 2.55. The third-order valence-electron chi connectivity index (χ3n) is 23.1. The van der Waals surface area contributed by atoms with Gasteiger partial charge in [-0.25, -0.2) is 23.2 Å². The highest BCUT2D eigenvalue weighted by Crippen LogP contribution is 2.41. The second-order valence-electron chi connectivity index (χ2n) is 37.9. The van der Waals surface area contributed by atoms with Gasteiger partial charge in [-0.05, 0) is 242 Å². The molecule has 4 N–H and O–H groups in total. The zero-order valence-corrected chi connectivity index (χ0v) is 88.4. The number of likely N-dealkylation sites (N-methyl/N-ethyl adjacent to an activating group) is 2. The van der Waals surface area contributed by atoms with Crippen molar-refractivity contribution < 1.29 is 128 Å². The number of nitrogens with one attached hydrogen (secondary N) is 1. The van der Waals surface area contributed by atoms with Crippen molar-refractivity contribution in [2.24, 2.45) is 17.6 Å². The number of esters is 4. The summed E-state index contributed by atoms with van der Waals surface area (Å²) in [6.07, 6.45) is -0.913. The Morgan fingerprint density at radius 3 is 1.13 bits per heavy atom. The van der Waals surface area contributed by atoms with Crippen LogP contribution in [0.4, 0.5) is 18.4 Å². The monoisotopic (exact) mass is 2180 g/mol. The lowest BCUT2D eigenvalue weighted by Crippen LogP contribution is -2.46. The number of aliphatic carboxylic acids is 1. The lowest BCUT2D eigenvalue weighted by atomic mass is 9.77. The molecule has 0 aromatic heterocycles. The minimum absolute atomic E-state index is 0. The lowest BCUT2D eigenvalue weighted by Gasteiger charge is -2.32. The van der Waals surface area contributed by atoms with E-state index in [1.165, 1.54) is 64.1 Å². The summed E-state index contributed by atoms with van der Waals surface area (Å²) in [5, 5.41) is 12.0. The van der Waals surface area contributed by atoms with Crippen LogP contribution in [-0.4, -0.2) is 176 Å². The predicted molar refractivity (Wildman–Crippen MR) is 546 cm³/mol. The van der Waals surface area contributed by atoms with Crippen molar-refractivity contribution in [2.75, 3.05) is 41.5 Å². The van der Waals surface area contributed by atoms with E-state index in [-0.39, 0.29) is 114 Å². The van der Waals surface area contributed by atoms with Crippen molar-refractivity contribution in [1.29, 1.82) is 0 Å². The quantitative estimate of drug-likeness (QED) is 0.0105. The fourth-order valence-corrected chi connectivity index (χ4v) is 15.7. The van der Waals surface area contributed by atoms with E-state index < -0.39 is 143 Å². The summed E-state index contributed by atoms with van der Waals surface area (Å²) in [7, 11) is 3.46. The van der Waals surface area contributed by atoms with E-state index in [0.717, 1.165) is 22.3 Å². The number of nitrogens with two attached hydrogens (primary N) is 1. The van der Waals surface area contributed by atoms with Crippen LogP contribution in [-0.2, 0) is 125 Å². The molecule has 6 atom stereocenters. The Bertz CT molecular complexity index is 5490. The van der Waals surface area contributed by atoms with Crippen LogP contribution in [0.1, 0.15) is 206 Å². The number of ketones is 2. The van der Waals surface area contributed by atoms with Gasteiger partial charge < -0.3 is 82.1 Å². The molecular formula is C104H130B2F2I2N4O25S. The van der Waals surface area contributed by atoms with Gasteiger partial charge in [0.1, 0.15) is 73.3 Å². The maximum Gasteiger partial charge on any atom is 0.498 e. The molecule has 29 nitrogen and oxygen atoms in total. The van der Waals surface area contributed by atoms with Crippen LogP contribution in [0, 0.1) is 30.6 Å². The second kappa shape index (κ2) is 52.8. The standard InChI is InChI=1S/C52H63BFIN2O12.C29H36INO8.C23H29BFNO5.H2S/c1-33(26-42(58)45(57(9)49(62)66-32-35-20-15-12-16-21-35)37-23-24-43(40(55)30-37)64-25-17-22-44(59)67-50(2,3)4)47(60)56-41(48(61)63-10)29-36-27-38(53-68-51(5,6)52(7,8)69-53)46(39(54)28-36)65-31-34-18-13-11-14-19-34;1-19(27(34)35)16-23(32)26(31(5)28(36)38-18-20-10-7-6-8-11-20)21-13-14-24(22(30)17-21)37-15-9-12-25(33)39-29(2,3)4;1-22(2)23(3,4)31-24(30-22)17-11-16(13-19(26)21(27)28-5)12-18(25)20(17)29-14-15-9-7-6-8-10-15;/h11-16,18-21,23-24,27-28,30,33,41,45H,17,22,25-26,29,31-32H2,1-10H3,(H,56,60);6-8,10-11,13-14,17,19,26H,9,12,15-16,18H2,1-5H3,(H,34,35);6-12,19H,13-14,26H2,1-5H3;1H2/t33-,41+,45+;19-,26+;19-;/m110./s1. The fourth-order valence-electron chi connectivity index (χ4n) is 14.3. The number of carboxylic acids is 1. The van der Waals surface area contributed by atoms with Gasteiger partial charge in [0.2, 0.25) is 5.91 Å². The minimum atomic E-state index is -1.30. The largest absolute Gasteiger partial charge is 0.498 e. The SMILES string of the molecule is COC(=O)[C@@H](N)Cc1cc(F)c(OCc2ccccc2)c(B2OC(C)(C)C(C)(C)O2)c1.COC(=O)[C@H](Cc1cc(F)c(OCc2ccccc2)c(B2OC(C)(C)C(C)(C)O2)c1)NC(=O)[C@H](C)CC(=O)[C@H](c1ccc(OCCCC(=O)OC(C)(C)C)c(I)c1)N(C)C(=O)OCc1ccccc1.C[C@H](CC(=O)[C@H](c1ccc(OCCCC(=O)OC(C)(C)C)c(I)c1)N(C)C(=O)OCc1ccccc1)C(=O)O.S. The molecule has 2 fully saturated rings. The van der Waals surface area contributed by atoms with E-state index in [9.17, 15) is 53.1 Å². The number of ether oxygens (including phenoxy) is 10. The van der Waals surface area contributed by atoms with Gasteiger partial charge >= 0.3 is 56.3 Å². The van der Waals surface area contributed by atoms with Crippen LogP contribution in [0.3, 0.4) is 0 Å². The van der Waals surface area contributed by atoms with E-state index in [4.69, 9.17) is 67.0 Å². The van der Waals surface area contributed by atoms with Gasteiger partial charge in [-0.2, -0.15) is 13.5 Å². The summed E-state index contributed by atoms with van der Waals surface area (Å²) in [6, 6.07) is 48.5.